The van der Waals surface area contributed by atoms with Crippen LogP contribution in [0.1, 0.15) is 43.8 Å². The first-order valence-corrected chi connectivity index (χ1v) is 7.42. The Morgan fingerprint density at radius 2 is 2.21 bits per heavy atom. The van der Waals surface area contributed by atoms with Crippen molar-refractivity contribution >= 4 is 39.6 Å². The van der Waals surface area contributed by atoms with E-state index in [2.05, 4.69) is 10.3 Å². The van der Waals surface area contributed by atoms with E-state index in [-0.39, 0.29) is 11.5 Å². The Hall–Kier alpha value is -1.73. The Labute approximate surface area is 116 Å². The van der Waals surface area contributed by atoms with E-state index < -0.39 is 5.97 Å². The number of hydrogen-bond donors (Lipinski definition) is 2. The third-order valence-corrected chi connectivity index (χ3v) is 4.76. The second kappa shape index (κ2) is 4.75. The van der Waals surface area contributed by atoms with Crippen LogP contribution in [0.5, 0.6) is 0 Å². The van der Waals surface area contributed by atoms with Crippen LogP contribution in [-0.4, -0.2) is 22.0 Å². The number of thiazole rings is 1. The number of carboxylic acid groups (broad SMARTS) is 1. The van der Waals surface area contributed by atoms with Gasteiger partial charge in [-0.1, -0.05) is 0 Å². The van der Waals surface area contributed by atoms with Gasteiger partial charge in [0.05, 0.1) is 21.8 Å². The number of carboxylic acids is 1. The van der Waals surface area contributed by atoms with Gasteiger partial charge in [0.15, 0.2) is 0 Å². The van der Waals surface area contributed by atoms with Gasteiger partial charge in [-0.2, -0.15) is 0 Å². The van der Waals surface area contributed by atoms with Crippen molar-refractivity contribution in [2.45, 2.75) is 18.8 Å². The summed E-state index contributed by atoms with van der Waals surface area (Å²) in [5.74, 6) is -0.694. The minimum atomic E-state index is -0.995. The van der Waals surface area contributed by atoms with Gasteiger partial charge in [-0.15, -0.1) is 22.7 Å². The van der Waals surface area contributed by atoms with Crippen molar-refractivity contribution in [3.63, 3.8) is 0 Å². The van der Waals surface area contributed by atoms with E-state index in [1.54, 1.807) is 6.20 Å². The van der Waals surface area contributed by atoms with Crippen molar-refractivity contribution in [1.82, 2.24) is 4.98 Å². The van der Waals surface area contributed by atoms with Crippen LogP contribution in [0.2, 0.25) is 0 Å². The SMILES string of the molecule is O=C(O)c1csc(NC(=O)c2cnc(C3CC3)s2)c1. The van der Waals surface area contributed by atoms with E-state index in [1.165, 1.54) is 34.1 Å². The van der Waals surface area contributed by atoms with Crippen LogP contribution in [0.4, 0.5) is 5.00 Å². The Kier molecular flexibility index (Phi) is 3.08. The van der Waals surface area contributed by atoms with Gasteiger partial charge in [0.1, 0.15) is 4.88 Å². The molecule has 1 saturated carbocycles. The van der Waals surface area contributed by atoms with Crippen molar-refractivity contribution in [1.29, 1.82) is 0 Å². The van der Waals surface area contributed by atoms with Crippen molar-refractivity contribution < 1.29 is 14.7 Å². The lowest BCUT2D eigenvalue weighted by Gasteiger charge is -1.97. The maximum atomic E-state index is 12.0. The summed E-state index contributed by atoms with van der Waals surface area (Å²) in [7, 11) is 0. The van der Waals surface area contributed by atoms with Crippen LogP contribution >= 0.6 is 22.7 Å². The first-order chi connectivity index (χ1) is 9.13. The summed E-state index contributed by atoms with van der Waals surface area (Å²) in [6, 6.07) is 1.45. The van der Waals surface area contributed by atoms with Gasteiger partial charge >= 0.3 is 5.97 Å². The molecule has 0 spiro atoms. The van der Waals surface area contributed by atoms with Gasteiger partial charge in [-0.3, -0.25) is 4.79 Å². The van der Waals surface area contributed by atoms with E-state index in [0.717, 1.165) is 17.8 Å². The molecule has 0 atom stereocenters. The van der Waals surface area contributed by atoms with Gasteiger partial charge in [-0.25, -0.2) is 9.78 Å². The highest BCUT2D eigenvalue weighted by Gasteiger charge is 2.27. The van der Waals surface area contributed by atoms with Crippen molar-refractivity contribution in [2.24, 2.45) is 0 Å². The molecule has 1 aliphatic rings. The second-order valence-electron chi connectivity index (χ2n) is 4.30. The first-order valence-electron chi connectivity index (χ1n) is 5.72. The summed E-state index contributed by atoms with van der Waals surface area (Å²) >= 11 is 2.61. The van der Waals surface area contributed by atoms with Crippen LogP contribution < -0.4 is 5.32 Å². The average molecular weight is 294 g/mol. The standard InChI is InChI=1S/C12H10N2O3S2/c15-10(8-4-13-11(19-8)6-1-2-6)14-9-3-7(5-18-9)12(16)17/h3-6H,1-2H2,(H,14,15)(H,16,17). The second-order valence-corrected chi connectivity index (χ2v) is 6.27. The Balaban J connectivity index is 1.70. The molecule has 0 saturated heterocycles. The first kappa shape index (κ1) is 12.3. The van der Waals surface area contributed by atoms with Gasteiger partial charge in [0.2, 0.25) is 0 Å². The minimum absolute atomic E-state index is 0.184. The van der Waals surface area contributed by atoms with E-state index >= 15 is 0 Å². The topological polar surface area (TPSA) is 79.3 Å². The fraction of sp³-hybridized carbons (Fsp3) is 0.250. The molecule has 7 heteroatoms. The van der Waals surface area contributed by atoms with Crippen molar-refractivity contribution in [3.8, 4) is 0 Å². The lowest BCUT2D eigenvalue weighted by Crippen LogP contribution is -2.08. The number of anilines is 1. The third-order valence-electron chi connectivity index (χ3n) is 2.76. The predicted octanol–water partition coefficient (Wildman–Crippen LogP) is 3.03. The molecule has 0 unspecified atom stereocenters. The average Bonchev–Trinajstić information content (AvgIpc) is 2.92. The molecule has 98 valence electrons. The smallest absolute Gasteiger partial charge is 0.336 e. The molecule has 2 N–H and O–H groups in total. The van der Waals surface area contributed by atoms with Crippen LogP contribution in [0.25, 0.3) is 0 Å². The number of rotatable bonds is 4. The quantitative estimate of drug-likeness (QED) is 0.908. The lowest BCUT2D eigenvalue weighted by molar-refractivity contribution is 0.0697. The largest absolute Gasteiger partial charge is 0.478 e. The molecule has 0 aromatic carbocycles. The number of carbonyl (C=O) groups is 2. The van der Waals surface area contributed by atoms with Crippen LogP contribution in [-0.2, 0) is 0 Å². The summed E-state index contributed by atoms with van der Waals surface area (Å²) in [6.45, 7) is 0. The zero-order valence-corrected chi connectivity index (χ0v) is 11.4. The van der Waals surface area contributed by atoms with E-state index in [0.29, 0.717) is 15.8 Å². The maximum Gasteiger partial charge on any atom is 0.336 e. The number of carbonyl (C=O) groups excluding carboxylic acids is 1. The number of amides is 1. The van der Waals surface area contributed by atoms with Crippen LogP contribution in [0, 0.1) is 0 Å². The van der Waals surface area contributed by atoms with E-state index in [4.69, 9.17) is 5.11 Å². The number of hydrogen-bond acceptors (Lipinski definition) is 5. The monoisotopic (exact) mass is 294 g/mol. The van der Waals surface area contributed by atoms with Gasteiger partial charge in [0.25, 0.3) is 5.91 Å². The summed E-state index contributed by atoms with van der Waals surface area (Å²) in [6.07, 6.45) is 3.89. The van der Waals surface area contributed by atoms with Crippen molar-refractivity contribution in [2.75, 3.05) is 5.32 Å². The minimum Gasteiger partial charge on any atom is -0.478 e. The molecule has 0 radical (unpaired) electrons. The molecule has 2 aromatic rings. The van der Waals surface area contributed by atoms with Crippen LogP contribution in [0.15, 0.2) is 17.6 Å². The number of aromatic nitrogens is 1. The summed E-state index contributed by atoms with van der Waals surface area (Å²) in [5, 5.41) is 14.5. The Morgan fingerprint density at radius 3 is 2.84 bits per heavy atom. The fourth-order valence-corrected chi connectivity index (χ4v) is 3.35. The number of nitrogens with one attached hydrogen (secondary N) is 1. The van der Waals surface area contributed by atoms with Gasteiger partial charge in [-0.05, 0) is 18.9 Å². The van der Waals surface area contributed by atoms with Gasteiger partial charge in [0, 0.05) is 11.3 Å². The summed E-state index contributed by atoms with van der Waals surface area (Å²) < 4.78 is 0. The zero-order valence-electron chi connectivity index (χ0n) is 9.75. The summed E-state index contributed by atoms with van der Waals surface area (Å²) in [4.78, 5) is 27.5. The highest BCUT2D eigenvalue weighted by atomic mass is 32.1. The van der Waals surface area contributed by atoms with Gasteiger partial charge < -0.3 is 10.4 Å². The molecule has 2 aromatic heterocycles. The van der Waals surface area contributed by atoms with E-state index in [9.17, 15) is 9.59 Å². The molecule has 2 heterocycles. The molecular weight excluding hydrogens is 284 g/mol. The number of thiophene rings is 1. The molecule has 1 fully saturated rings. The Bertz CT molecular complexity index is 643. The molecule has 1 amide bonds. The number of aromatic carboxylic acids is 1. The lowest BCUT2D eigenvalue weighted by atomic mass is 10.3. The maximum absolute atomic E-state index is 12.0. The third kappa shape index (κ3) is 2.66. The molecule has 5 nitrogen and oxygen atoms in total. The number of nitrogens with zero attached hydrogens (tertiary/aromatic N) is 1. The van der Waals surface area contributed by atoms with E-state index in [1.807, 2.05) is 0 Å². The fourth-order valence-electron chi connectivity index (χ4n) is 1.60. The molecule has 0 bridgehead atoms. The molecular formula is C12H10N2O3S2. The summed E-state index contributed by atoms with van der Waals surface area (Å²) in [5.41, 5.74) is 0.184. The predicted molar refractivity (Wildman–Crippen MR) is 73.3 cm³/mol. The molecule has 0 aliphatic heterocycles. The normalized spacial score (nSPS) is 14.3. The Morgan fingerprint density at radius 1 is 1.42 bits per heavy atom. The molecule has 19 heavy (non-hydrogen) atoms. The van der Waals surface area contributed by atoms with Crippen molar-refractivity contribution in [3.05, 3.63) is 33.1 Å². The zero-order chi connectivity index (χ0) is 13.4. The highest BCUT2D eigenvalue weighted by molar-refractivity contribution is 7.15. The molecule has 1 aliphatic carbocycles. The molecule has 3 rings (SSSR count). The highest BCUT2D eigenvalue weighted by Crippen LogP contribution is 2.41. The van der Waals surface area contributed by atoms with Crippen LogP contribution in [0.3, 0.4) is 0 Å².